The number of hydrogen-bond acceptors (Lipinski definition) is 2. The summed E-state index contributed by atoms with van der Waals surface area (Å²) in [5, 5.41) is 9.03. The Bertz CT molecular complexity index is 694. The fourth-order valence-electron chi connectivity index (χ4n) is 4.44. The molecule has 1 N–H and O–H groups in total. The normalized spacial score (nSPS) is 22.3. The van der Waals surface area contributed by atoms with E-state index in [1.807, 2.05) is 24.3 Å². The standard InChI is InChI=1S/C23H31F3O3/c1-14(2)12-16-8-10-17(11-9-16)15(3)21(27)19-7-5-4-6-18(19)13-20(22(28)29)23(24,25)26/h8-11,14-15,18-20H,4-7,12-13H2,1-3H3,(H,28,29). The maximum Gasteiger partial charge on any atom is 0.402 e. The van der Waals surface area contributed by atoms with Crippen LogP contribution in [0.3, 0.4) is 0 Å². The molecule has 1 aromatic rings. The fourth-order valence-corrected chi connectivity index (χ4v) is 4.44. The van der Waals surface area contributed by atoms with Crippen LogP contribution in [0.25, 0.3) is 0 Å². The third kappa shape index (κ3) is 6.31. The maximum atomic E-state index is 13.1. The van der Waals surface area contributed by atoms with Crippen molar-refractivity contribution in [3.05, 3.63) is 35.4 Å². The SMILES string of the molecule is CC(C)Cc1ccc(C(C)C(=O)C2CCCCC2CC(C(=O)O)C(F)(F)F)cc1. The van der Waals surface area contributed by atoms with Crippen LogP contribution < -0.4 is 0 Å². The topological polar surface area (TPSA) is 54.4 Å². The average molecular weight is 412 g/mol. The zero-order valence-corrected chi connectivity index (χ0v) is 17.3. The number of hydrogen-bond donors (Lipinski definition) is 1. The minimum atomic E-state index is -4.80. The monoisotopic (exact) mass is 412 g/mol. The van der Waals surface area contributed by atoms with Crippen molar-refractivity contribution >= 4 is 11.8 Å². The van der Waals surface area contributed by atoms with E-state index in [0.29, 0.717) is 18.8 Å². The van der Waals surface area contributed by atoms with Crippen molar-refractivity contribution in [2.45, 2.75) is 71.4 Å². The summed E-state index contributed by atoms with van der Waals surface area (Å²) in [4.78, 5) is 24.3. The van der Waals surface area contributed by atoms with Crippen molar-refractivity contribution < 1.29 is 27.9 Å². The Balaban J connectivity index is 2.14. The summed E-state index contributed by atoms with van der Waals surface area (Å²) in [6, 6.07) is 7.85. The molecule has 4 unspecified atom stereocenters. The van der Waals surface area contributed by atoms with Gasteiger partial charge in [0, 0.05) is 11.8 Å². The number of carbonyl (C=O) groups excluding carboxylic acids is 1. The molecule has 1 aromatic carbocycles. The molecular formula is C23H31F3O3. The van der Waals surface area contributed by atoms with Gasteiger partial charge in [-0.15, -0.1) is 0 Å². The molecular weight excluding hydrogens is 381 g/mol. The third-order valence-corrected chi connectivity index (χ3v) is 6.06. The summed E-state index contributed by atoms with van der Waals surface area (Å²) in [5.74, 6) is -5.28. The second-order valence-electron chi connectivity index (χ2n) is 8.78. The molecule has 0 heterocycles. The smallest absolute Gasteiger partial charge is 0.402 e. The molecule has 0 amide bonds. The first-order chi connectivity index (χ1) is 13.5. The van der Waals surface area contributed by atoms with Gasteiger partial charge in [-0.25, -0.2) is 0 Å². The molecule has 1 aliphatic rings. The summed E-state index contributed by atoms with van der Waals surface area (Å²) in [7, 11) is 0. The Morgan fingerprint density at radius 2 is 1.66 bits per heavy atom. The van der Waals surface area contributed by atoms with Crippen molar-refractivity contribution in [1.82, 2.24) is 0 Å². The number of carbonyl (C=O) groups is 2. The molecule has 0 aliphatic heterocycles. The Kier molecular flexibility index (Phi) is 7.89. The molecule has 0 radical (unpaired) electrons. The summed E-state index contributed by atoms with van der Waals surface area (Å²) in [6.45, 7) is 6.06. The van der Waals surface area contributed by atoms with Crippen LogP contribution in [0.1, 0.15) is 69.9 Å². The van der Waals surface area contributed by atoms with Gasteiger partial charge >= 0.3 is 12.1 Å². The molecule has 0 bridgehead atoms. The lowest BCUT2D eigenvalue weighted by Crippen LogP contribution is -2.37. The van der Waals surface area contributed by atoms with Gasteiger partial charge in [-0.1, -0.05) is 57.9 Å². The van der Waals surface area contributed by atoms with E-state index in [4.69, 9.17) is 5.11 Å². The molecule has 1 fully saturated rings. The predicted molar refractivity (Wildman–Crippen MR) is 106 cm³/mol. The molecule has 3 nitrogen and oxygen atoms in total. The number of carboxylic acids is 1. The molecule has 0 saturated heterocycles. The molecule has 162 valence electrons. The molecule has 1 saturated carbocycles. The van der Waals surface area contributed by atoms with Crippen LogP contribution >= 0.6 is 0 Å². The van der Waals surface area contributed by atoms with Crippen molar-refractivity contribution in [2.24, 2.45) is 23.7 Å². The number of ketones is 1. The van der Waals surface area contributed by atoms with Gasteiger partial charge in [-0.2, -0.15) is 13.2 Å². The van der Waals surface area contributed by atoms with E-state index in [9.17, 15) is 22.8 Å². The second kappa shape index (κ2) is 9.77. The van der Waals surface area contributed by atoms with E-state index in [2.05, 4.69) is 13.8 Å². The fraction of sp³-hybridized carbons (Fsp3) is 0.652. The van der Waals surface area contributed by atoms with Gasteiger partial charge in [-0.05, 0) is 48.6 Å². The second-order valence-corrected chi connectivity index (χ2v) is 8.78. The highest BCUT2D eigenvalue weighted by Gasteiger charge is 2.48. The van der Waals surface area contributed by atoms with Crippen molar-refractivity contribution in [2.75, 3.05) is 0 Å². The molecule has 1 aliphatic carbocycles. The van der Waals surface area contributed by atoms with Gasteiger partial charge in [0.1, 0.15) is 5.78 Å². The summed E-state index contributed by atoms with van der Waals surface area (Å²) in [5.41, 5.74) is 2.05. The first-order valence-corrected chi connectivity index (χ1v) is 10.4. The summed E-state index contributed by atoms with van der Waals surface area (Å²) >= 11 is 0. The van der Waals surface area contributed by atoms with Crippen LogP contribution in [0.4, 0.5) is 13.2 Å². The van der Waals surface area contributed by atoms with Crippen LogP contribution in [0.15, 0.2) is 24.3 Å². The maximum absolute atomic E-state index is 13.1. The minimum Gasteiger partial charge on any atom is -0.481 e. The average Bonchev–Trinajstić information content (AvgIpc) is 2.64. The van der Waals surface area contributed by atoms with Crippen LogP contribution in [0.5, 0.6) is 0 Å². The van der Waals surface area contributed by atoms with E-state index < -0.39 is 42.2 Å². The molecule has 0 spiro atoms. The number of rotatable bonds is 8. The summed E-state index contributed by atoms with van der Waals surface area (Å²) < 4.78 is 39.4. The minimum absolute atomic E-state index is 0.0716. The quantitative estimate of drug-likeness (QED) is 0.568. The van der Waals surface area contributed by atoms with E-state index in [0.717, 1.165) is 24.8 Å². The molecule has 4 atom stereocenters. The zero-order valence-electron chi connectivity index (χ0n) is 17.3. The van der Waals surface area contributed by atoms with Crippen molar-refractivity contribution in [3.8, 4) is 0 Å². The van der Waals surface area contributed by atoms with Gasteiger partial charge in [-0.3, -0.25) is 9.59 Å². The van der Waals surface area contributed by atoms with E-state index in [1.54, 1.807) is 6.92 Å². The number of halogens is 3. The number of benzene rings is 1. The Hall–Kier alpha value is -1.85. The van der Waals surface area contributed by atoms with Gasteiger partial charge in [0.2, 0.25) is 0 Å². The highest BCUT2D eigenvalue weighted by atomic mass is 19.4. The molecule has 6 heteroatoms. The van der Waals surface area contributed by atoms with Gasteiger partial charge < -0.3 is 5.11 Å². The van der Waals surface area contributed by atoms with Crippen molar-refractivity contribution in [3.63, 3.8) is 0 Å². The van der Waals surface area contributed by atoms with Gasteiger partial charge in [0.15, 0.2) is 5.92 Å². The Labute approximate surface area is 170 Å². The zero-order chi connectivity index (χ0) is 21.8. The van der Waals surface area contributed by atoms with E-state index in [-0.39, 0.29) is 5.78 Å². The number of alkyl halides is 3. The molecule has 0 aromatic heterocycles. The Morgan fingerprint density at radius 1 is 1.07 bits per heavy atom. The highest BCUT2D eigenvalue weighted by molar-refractivity contribution is 5.88. The molecule has 29 heavy (non-hydrogen) atoms. The van der Waals surface area contributed by atoms with Crippen molar-refractivity contribution in [1.29, 1.82) is 0 Å². The highest BCUT2D eigenvalue weighted by Crippen LogP contribution is 2.41. The third-order valence-electron chi connectivity index (χ3n) is 6.06. The van der Waals surface area contributed by atoms with E-state index in [1.165, 1.54) is 5.56 Å². The lowest BCUT2D eigenvalue weighted by Gasteiger charge is -2.34. The van der Waals surface area contributed by atoms with Crippen LogP contribution in [0.2, 0.25) is 0 Å². The summed E-state index contributed by atoms with van der Waals surface area (Å²) in [6.07, 6.45) is -1.85. The van der Waals surface area contributed by atoms with Crippen LogP contribution in [0, 0.1) is 23.7 Å². The first-order valence-electron chi connectivity index (χ1n) is 10.4. The number of aliphatic carboxylic acids is 1. The number of Topliss-reactive ketones (excluding diaryl/α,β-unsaturated/α-hetero) is 1. The molecule has 2 rings (SSSR count). The Morgan fingerprint density at radius 3 is 2.17 bits per heavy atom. The predicted octanol–water partition coefficient (Wildman–Crippen LogP) is 6.02. The lowest BCUT2D eigenvalue weighted by atomic mass is 9.70. The van der Waals surface area contributed by atoms with Crippen LogP contribution in [-0.2, 0) is 16.0 Å². The van der Waals surface area contributed by atoms with Crippen LogP contribution in [-0.4, -0.2) is 23.0 Å². The lowest BCUT2D eigenvalue weighted by molar-refractivity contribution is -0.198. The number of carboxylic acid groups (broad SMARTS) is 1. The van der Waals surface area contributed by atoms with E-state index >= 15 is 0 Å². The van der Waals surface area contributed by atoms with Gasteiger partial charge in [0.05, 0.1) is 0 Å². The largest absolute Gasteiger partial charge is 0.481 e. The van der Waals surface area contributed by atoms with Gasteiger partial charge in [0.25, 0.3) is 0 Å². The first kappa shape index (κ1) is 23.4.